The van der Waals surface area contributed by atoms with Crippen molar-refractivity contribution in [2.75, 3.05) is 49.6 Å². The first-order chi connectivity index (χ1) is 22.9. The molecule has 2 saturated carbocycles. The van der Waals surface area contributed by atoms with Crippen LogP contribution in [0, 0.1) is 24.2 Å². The zero-order chi connectivity index (χ0) is 32.7. The van der Waals surface area contributed by atoms with Gasteiger partial charge >= 0.3 is 6.01 Å². The predicted molar refractivity (Wildman–Crippen MR) is 186 cm³/mol. The number of aryl methyl sites for hydroxylation is 1. The van der Waals surface area contributed by atoms with Crippen molar-refractivity contribution in [3.05, 3.63) is 65.9 Å². The third kappa shape index (κ3) is 5.71. The second-order valence-corrected chi connectivity index (χ2v) is 13.9. The zero-order valence-electron chi connectivity index (χ0n) is 28.1. The summed E-state index contributed by atoms with van der Waals surface area (Å²) in [6, 6.07) is 16.2. The lowest BCUT2D eigenvalue weighted by Crippen LogP contribution is -2.55. The highest BCUT2D eigenvalue weighted by molar-refractivity contribution is 5.97. The van der Waals surface area contributed by atoms with Gasteiger partial charge in [-0.05, 0) is 69.2 Å². The van der Waals surface area contributed by atoms with Gasteiger partial charge in [-0.15, -0.1) is 0 Å². The standard InChI is InChI=1S/C38H47N7O2/c1-5-34(46)45-21-20-44(23-30(45)16-18-39)36-31-17-19-43(33-15-8-12-27-11-7-10-26(3)35(27)33)24-32(31)40-37(41-36)47-25-28-22-38(28,6-2)42(4)29-13-9-14-29/h5,7-8,10-12,15,28-30H,1,6,9,13-14,16-17,19-25H2,2-4H3/t28?,30-,38+/m0/s1. The number of ether oxygens (including phenoxy) is 1. The SMILES string of the molecule is C=CC(=O)N1CCN(c2nc(OCC3C[C@@]3(CC)N(C)C3CCC3)nc3c2CCN(c2cccc4cccc(C)c24)C3)C[C@@H]1CC#N. The molecular formula is C38H47N7O2. The Morgan fingerprint density at radius 3 is 2.70 bits per heavy atom. The highest BCUT2D eigenvalue weighted by atomic mass is 16.5. The molecule has 3 atom stereocenters. The van der Waals surface area contributed by atoms with E-state index in [0.717, 1.165) is 42.9 Å². The van der Waals surface area contributed by atoms with Crippen LogP contribution in [-0.4, -0.2) is 83.1 Å². The molecule has 2 aromatic carbocycles. The van der Waals surface area contributed by atoms with Crippen molar-refractivity contribution in [1.29, 1.82) is 5.26 Å². The molecule has 1 aromatic heterocycles. The first-order valence-corrected chi connectivity index (χ1v) is 17.4. The summed E-state index contributed by atoms with van der Waals surface area (Å²) in [5, 5.41) is 12.1. The van der Waals surface area contributed by atoms with E-state index in [9.17, 15) is 10.1 Å². The molecule has 3 fully saturated rings. The lowest BCUT2D eigenvalue weighted by molar-refractivity contribution is -0.128. The number of nitrogens with zero attached hydrogens (tertiary/aromatic N) is 7. The van der Waals surface area contributed by atoms with Crippen LogP contribution < -0.4 is 14.5 Å². The maximum absolute atomic E-state index is 12.6. The molecule has 9 heteroatoms. The van der Waals surface area contributed by atoms with Crippen LogP contribution >= 0.6 is 0 Å². The smallest absolute Gasteiger partial charge is 0.318 e. The van der Waals surface area contributed by atoms with Crippen molar-refractivity contribution in [3.8, 4) is 12.1 Å². The number of rotatable bonds is 10. The Kier molecular flexibility index (Phi) is 8.56. The molecule has 2 aliphatic carbocycles. The maximum atomic E-state index is 12.6. The largest absolute Gasteiger partial charge is 0.463 e. The summed E-state index contributed by atoms with van der Waals surface area (Å²) < 4.78 is 6.52. The number of carbonyl (C=O) groups is 1. The van der Waals surface area contributed by atoms with E-state index < -0.39 is 0 Å². The summed E-state index contributed by atoms with van der Waals surface area (Å²) in [5.41, 5.74) is 4.84. The van der Waals surface area contributed by atoms with Crippen molar-refractivity contribution in [3.63, 3.8) is 0 Å². The number of fused-ring (bicyclic) bond motifs is 2. The monoisotopic (exact) mass is 633 g/mol. The van der Waals surface area contributed by atoms with Crippen LogP contribution in [0.15, 0.2) is 49.1 Å². The second-order valence-electron chi connectivity index (χ2n) is 13.9. The quantitative estimate of drug-likeness (QED) is 0.265. The van der Waals surface area contributed by atoms with Gasteiger partial charge in [-0.3, -0.25) is 9.69 Å². The molecule has 9 nitrogen and oxygen atoms in total. The Morgan fingerprint density at radius 2 is 1.98 bits per heavy atom. The minimum absolute atomic E-state index is 0.129. The highest BCUT2D eigenvalue weighted by Crippen LogP contribution is 2.53. The van der Waals surface area contributed by atoms with Crippen LogP contribution in [-0.2, 0) is 17.8 Å². The summed E-state index contributed by atoms with van der Waals surface area (Å²) in [7, 11) is 2.30. The van der Waals surface area contributed by atoms with Crippen LogP contribution in [0.3, 0.4) is 0 Å². The van der Waals surface area contributed by atoms with Crippen molar-refractivity contribution < 1.29 is 9.53 Å². The minimum atomic E-state index is -0.230. The van der Waals surface area contributed by atoms with Gasteiger partial charge in [0.25, 0.3) is 0 Å². The molecule has 0 N–H and O–H groups in total. The van der Waals surface area contributed by atoms with Gasteiger partial charge in [0.15, 0.2) is 0 Å². The van der Waals surface area contributed by atoms with E-state index in [1.54, 1.807) is 4.90 Å². The van der Waals surface area contributed by atoms with Gasteiger partial charge in [0.1, 0.15) is 5.82 Å². The first kappa shape index (κ1) is 31.4. The average molecular weight is 634 g/mol. The number of benzene rings is 2. The molecule has 3 heterocycles. The van der Waals surface area contributed by atoms with E-state index in [-0.39, 0.29) is 23.9 Å². The van der Waals surface area contributed by atoms with Gasteiger partial charge in [0.2, 0.25) is 5.91 Å². The van der Waals surface area contributed by atoms with E-state index >= 15 is 0 Å². The number of hydrogen-bond donors (Lipinski definition) is 0. The number of carbonyl (C=O) groups excluding carboxylic acids is 1. The molecule has 47 heavy (non-hydrogen) atoms. The minimum Gasteiger partial charge on any atom is -0.463 e. The zero-order valence-corrected chi connectivity index (χ0v) is 28.1. The predicted octanol–water partition coefficient (Wildman–Crippen LogP) is 5.65. The number of piperazine rings is 1. The van der Waals surface area contributed by atoms with Gasteiger partial charge in [-0.25, -0.2) is 0 Å². The van der Waals surface area contributed by atoms with Gasteiger partial charge in [-0.1, -0.05) is 50.3 Å². The Morgan fingerprint density at radius 1 is 1.17 bits per heavy atom. The molecule has 1 unspecified atom stereocenters. The Bertz CT molecular complexity index is 1710. The summed E-state index contributed by atoms with van der Waals surface area (Å²) in [5.74, 6) is 1.22. The van der Waals surface area contributed by atoms with E-state index in [4.69, 9.17) is 14.7 Å². The molecule has 0 bridgehead atoms. The fourth-order valence-electron chi connectivity index (χ4n) is 8.43. The molecule has 0 spiro atoms. The molecule has 1 amide bonds. The summed E-state index contributed by atoms with van der Waals surface area (Å²) in [4.78, 5) is 31.9. The van der Waals surface area contributed by atoms with Gasteiger partial charge in [0, 0.05) is 60.3 Å². The fraction of sp³-hybridized carbons (Fsp3) is 0.526. The normalized spacial score (nSPS) is 24.1. The Labute approximate surface area is 278 Å². The summed E-state index contributed by atoms with van der Waals surface area (Å²) in [6.07, 6.45) is 8.62. The molecule has 1 saturated heterocycles. The molecule has 3 aromatic rings. The molecule has 2 aliphatic heterocycles. The van der Waals surface area contributed by atoms with Crippen LogP contribution in [0.2, 0.25) is 0 Å². The van der Waals surface area contributed by atoms with E-state index in [1.165, 1.54) is 47.4 Å². The van der Waals surface area contributed by atoms with Crippen LogP contribution in [0.5, 0.6) is 6.01 Å². The molecule has 7 rings (SSSR count). The molecule has 0 radical (unpaired) electrons. The van der Waals surface area contributed by atoms with Crippen LogP contribution in [0.25, 0.3) is 10.8 Å². The van der Waals surface area contributed by atoms with Crippen LogP contribution in [0.1, 0.15) is 62.3 Å². The topological polar surface area (TPSA) is 88.8 Å². The molecule has 4 aliphatic rings. The van der Waals surface area contributed by atoms with Crippen molar-refractivity contribution >= 4 is 28.2 Å². The molecule has 246 valence electrons. The van der Waals surface area contributed by atoms with E-state index in [2.05, 4.69) is 84.6 Å². The highest BCUT2D eigenvalue weighted by Gasteiger charge is 2.57. The van der Waals surface area contributed by atoms with Crippen molar-refractivity contribution in [2.24, 2.45) is 5.92 Å². The van der Waals surface area contributed by atoms with Crippen molar-refractivity contribution in [2.45, 2.75) is 83.0 Å². The van der Waals surface area contributed by atoms with Crippen LogP contribution in [0.4, 0.5) is 11.5 Å². The third-order valence-electron chi connectivity index (χ3n) is 11.6. The Balaban J connectivity index is 1.19. The summed E-state index contributed by atoms with van der Waals surface area (Å²) in [6.45, 7) is 12.0. The fourth-order valence-corrected chi connectivity index (χ4v) is 8.43. The van der Waals surface area contributed by atoms with Crippen molar-refractivity contribution in [1.82, 2.24) is 19.8 Å². The number of aromatic nitrogens is 2. The number of hydrogen-bond acceptors (Lipinski definition) is 8. The number of nitriles is 1. The molecular weight excluding hydrogens is 586 g/mol. The lowest BCUT2D eigenvalue weighted by Gasteiger charge is -2.42. The van der Waals surface area contributed by atoms with E-state index in [0.29, 0.717) is 50.8 Å². The second kappa shape index (κ2) is 12.8. The van der Waals surface area contributed by atoms with Gasteiger partial charge in [0.05, 0.1) is 37.4 Å². The maximum Gasteiger partial charge on any atom is 0.318 e. The van der Waals surface area contributed by atoms with E-state index in [1.807, 2.05) is 0 Å². The van der Waals surface area contributed by atoms with Gasteiger partial charge in [-0.2, -0.15) is 15.2 Å². The lowest BCUT2D eigenvalue weighted by atomic mass is 9.89. The summed E-state index contributed by atoms with van der Waals surface area (Å²) >= 11 is 0. The third-order valence-corrected chi connectivity index (χ3v) is 11.6. The van der Waals surface area contributed by atoms with Gasteiger partial charge < -0.3 is 19.4 Å². The average Bonchev–Trinajstić information content (AvgIpc) is 3.80. The first-order valence-electron chi connectivity index (χ1n) is 17.4. The number of amides is 1. The number of anilines is 2. The Hall–Kier alpha value is -4.16.